The zero-order valence-corrected chi connectivity index (χ0v) is 9.63. The minimum absolute atomic E-state index is 0.130. The first kappa shape index (κ1) is 12.5. The van der Waals surface area contributed by atoms with Gasteiger partial charge < -0.3 is 10.1 Å². The maximum absolute atomic E-state index is 10.8. The number of aromatic nitrogens is 2. The largest absolute Gasteiger partial charge is 0.381 e. The predicted molar refractivity (Wildman–Crippen MR) is 63.9 cm³/mol. The zero-order chi connectivity index (χ0) is 13.0. The Balaban J connectivity index is 2.10. The van der Waals surface area contributed by atoms with Gasteiger partial charge >= 0.3 is 5.69 Å². The van der Waals surface area contributed by atoms with Gasteiger partial charge in [-0.3, -0.25) is 15.5 Å². The summed E-state index contributed by atoms with van der Waals surface area (Å²) in [5.41, 5.74) is 2.08. The molecule has 1 aromatic rings. The van der Waals surface area contributed by atoms with Crippen LogP contribution in [0.1, 0.15) is 6.42 Å². The number of hydrogen-bond acceptors (Lipinski definition) is 8. The van der Waals surface area contributed by atoms with Gasteiger partial charge in [-0.15, -0.1) is 0 Å². The molecule has 1 atom stereocenters. The van der Waals surface area contributed by atoms with E-state index in [4.69, 9.17) is 10.6 Å². The minimum atomic E-state index is -0.534. The lowest BCUT2D eigenvalue weighted by Crippen LogP contribution is -2.17. The van der Waals surface area contributed by atoms with Crippen LogP contribution in [0.25, 0.3) is 0 Å². The van der Waals surface area contributed by atoms with E-state index in [0.717, 1.165) is 19.2 Å². The number of nitrogen functional groups attached to an aromatic ring is 1. The summed E-state index contributed by atoms with van der Waals surface area (Å²) >= 11 is 0. The number of nitro groups is 1. The van der Waals surface area contributed by atoms with Crippen molar-refractivity contribution in [2.45, 2.75) is 6.42 Å². The number of anilines is 2. The molecule has 0 spiro atoms. The third-order valence-corrected chi connectivity index (χ3v) is 2.68. The van der Waals surface area contributed by atoms with Crippen molar-refractivity contribution >= 4 is 17.5 Å². The molecule has 98 valence electrons. The summed E-state index contributed by atoms with van der Waals surface area (Å²) in [5, 5.41) is 13.8. The van der Waals surface area contributed by atoms with Crippen molar-refractivity contribution in [3.63, 3.8) is 0 Å². The maximum atomic E-state index is 10.8. The van der Waals surface area contributed by atoms with Crippen LogP contribution in [0.3, 0.4) is 0 Å². The van der Waals surface area contributed by atoms with E-state index < -0.39 is 4.92 Å². The first-order valence-electron chi connectivity index (χ1n) is 5.50. The predicted octanol–water partition coefficient (Wildman–Crippen LogP) is 0.119. The number of nitrogens with one attached hydrogen (secondary N) is 2. The normalized spacial score (nSPS) is 18.6. The molecule has 0 saturated carbocycles. The van der Waals surface area contributed by atoms with Crippen LogP contribution in [0.15, 0.2) is 6.20 Å². The molecular formula is C9H14N6O3. The smallest absolute Gasteiger partial charge is 0.329 e. The van der Waals surface area contributed by atoms with Gasteiger partial charge in [0.05, 0.1) is 11.5 Å². The second-order valence-corrected chi connectivity index (χ2v) is 3.94. The van der Waals surface area contributed by atoms with E-state index in [1.807, 2.05) is 0 Å². The summed E-state index contributed by atoms with van der Waals surface area (Å²) < 4.78 is 5.23. The van der Waals surface area contributed by atoms with Crippen LogP contribution >= 0.6 is 0 Å². The van der Waals surface area contributed by atoms with Crippen molar-refractivity contribution in [2.24, 2.45) is 11.8 Å². The van der Waals surface area contributed by atoms with Gasteiger partial charge in [0, 0.05) is 19.1 Å². The fourth-order valence-corrected chi connectivity index (χ4v) is 1.69. The summed E-state index contributed by atoms with van der Waals surface area (Å²) in [6.45, 7) is 1.96. The van der Waals surface area contributed by atoms with E-state index in [0.29, 0.717) is 19.1 Å². The molecular weight excluding hydrogens is 240 g/mol. The van der Waals surface area contributed by atoms with Gasteiger partial charge in [-0.05, 0) is 6.42 Å². The topological polar surface area (TPSA) is 128 Å². The molecule has 9 nitrogen and oxygen atoms in total. The fraction of sp³-hybridized carbons (Fsp3) is 0.556. The molecule has 0 bridgehead atoms. The van der Waals surface area contributed by atoms with Crippen LogP contribution < -0.4 is 16.6 Å². The Labute approximate surface area is 103 Å². The van der Waals surface area contributed by atoms with Gasteiger partial charge in [-0.2, -0.15) is 4.98 Å². The SMILES string of the molecule is NNc1ncc([N+](=O)[O-])c(NCC2CCOC2)n1. The Morgan fingerprint density at radius 3 is 3.11 bits per heavy atom. The number of nitrogens with zero attached hydrogens (tertiary/aromatic N) is 3. The van der Waals surface area contributed by atoms with Crippen LogP contribution in [0, 0.1) is 16.0 Å². The van der Waals surface area contributed by atoms with Crippen molar-refractivity contribution in [1.29, 1.82) is 0 Å². The second-order valence-electron chi connectivity index (χ2n) is 3.94. The molecule has 1 saturated heterocycles. The van der Waals surface area contributed by atoms with E-state index in [1.165, 1.54) is 0 Å². The Morgan fingerprint density at radius 1 is 1.67 bits per heavy atom. The molecule has 0 aliphatic carbocycles. The van der Waals surface area contributed by atoms with Gasteiger partial charge in [-0.25, -0.2) is 10.8 Å². The van der Waals surface area contributed by atoms with Crippen LogP contribution in [0.5, 0.6) is 0 Å². The van der Waals surface area contributed by atoms with Gasteiger partial charge in [0.15, 0.2) is 0 Å². The maximum Gasteiger partial charge on any atom is 0.329 e. The van der Waals surface area contributed by atoms with Crippen molar-refractivity contribution in [3.05, 3.63) is 16.3 Å². The third-order valence-electron chi connectivity index (χ3n) is 2.68. The van der Waals surface area contributed by atoms with E-state index in [2.05, 4.69) is 20.7 Å². The second kappa shape index (κ2) is 5.56. The molecule has 9 heteroatoms. The minimum Gasteiger partial charge on any atom is -0.381 e. The van der Waals surface area contributed by atoms with Crippen molar-refractivity contribution < 1.29 is 9.66 Å². The number of hydrogen-bond donors (Lipinski definition) is 3. The monoisotopic (exact) mass is 254 g/mol. The highest BCUT2D eigenvalue weighted by Crippen LogP contribution is 2.22. The highest BCUT2D eigenvalue weighted by atomic mass is 16.6. The van der Waals surface area contributed by atoms with E-state index in [-0.39, 0.29) is 17.5 Å². The summed E-state index contributed by atoms with van der Waals surface area (Å²) in [6.07, 6.45) is 2.06. The van der Waals surface area contributed by atoms with Gasteiger partial charge in [0.25, 0.3) is 0 Å². The summed E-state index contributed by atoms with van der Waals surface area (Å²) in [6, 6.07) is 0. The highest BCUT2D eigenvalue weighted by Gasteiger charge is 2.20. The van der Waals surface area contributed by atoms with E-state index in [9.17, 15) is 10.1 Å². The van der Waals surface area contributed by atoms with Crippen LogP contribution in [-0.2, 0) is 4.74 Å². The number of hydrazine groups is 1. The van der Waals surface area contributed by atoms with Crippen LogP contribution in [0.2, 0.25) is 0 Å². The molecule has 1 aliphatic heterocycles. The van der Waals surface area contributed by atoms with Gasteiger partial charge in [-0.1, -0.05) is 0 Å². The standard InChI is InChI=1S/C9H14N6O3/c10-14-9-12-4-7(15(16)17)8(13-9)11-3-6-1-2-18-5-6/h4,6H,1-3,5,10H2,(H2,11,12,13,14). The molecule has 0 aromatic carbocycles. The van der Waals surface area contributed by atoms with Gasteiger partial charge in [0.2, 0.25) is 11.8 Å². The molecule has 1 aromatic heterocycles. The highest BCUT2D eigenvalue weighted by molar-refractivity contribution is 5.56. The lowest BCUT2D eigenvalue weighted by atomic mass is 10.1. The van der Waals surface area contributed by atoms with Crippen LogP contribution in [-0.4, -0.2) is 34.6 Å². The van der Waals surface area contributed by atoms with E-state index in [1.54, 1.807) is 0 Å². The number of ether oxygens (including phenoxy) is 1. The van der Waals surface area contributed by atoms with Crippen molar-refractivity contribution in [2.75, 3.05) is 30.5 Å². The van der Waals surface area contributed by atoms with Gasteiger partial charge in [0.1, 0.15) is 6.20 Å². The molecule has 18 heavy (non-hydrogen) atoms. The molecule has 1 aliphatic rings. The molecule has 1 unspecified atom stereocenters. The summed E-state index contributed by atoms with van der Waals surface area (Å²) in [4.78, 5) is 17.9. The molecule has 4 N–H and O–H groups in total. The van der Waals surface area contributed by atoms with Crippen molar-refractivity contribution in [3.8, 4) is 0 Å². The average molecular weight is 254 g/mol. The Morgan fingerprint density at radius 2 is 2.50 bits per heavy atom. The fourth-order valence-electron chi connectivity index (χ4n) is 1.69. The van der Waals surface area contributed by atoms with Crippen LogP contribution in [0.4, 0.5) is 17.5 Å². The lowest BCUT2D eigenvalue weighted by molar-refractivity contribution is -0.384. The quantitative estimate of drug-likeness (QED) is 0.384. The molecule has 2 rings (SSSR count). The first-order chi connectivity index (χ1) is 8.70. The van der Waals surface area contributed by atoms with E-state index >= 15 is 0 Å². The molecule has 2 heterocycles. The lowest BCUT2D eigenvalue weighted by Gasteiger charge is -2.10. The molecule has 1 fully saturated rings. The zero-order valence-electron chi connectivity index (χ0n) is 9.63. The third kappa shape index (κ3) is 2.81. The first-order valence-corrected chi connectivity index (χ1v) is 5.50. The summed E-state index contributed by atoms with van der Waals surface area (Å²) in [5.74, 6) is 5.80. The number of nitrogens with two attached hydrogens (primary N) is 1. The van der Waals surface area contributed by atoms with Crippen molar-refractivity contribution in [1.82, 2.24) is 9.97 Å². The Bertz CT molecular complexity index is 434. The molecule has 0 radical (unpaired) electrons. The Hall–Kier alpha value is -2.00. The summed E-state index contributed by atoms with van der Waals surface area (Å²) in [7, 11) is 0. The Kier molecular flexibility index (Phi) is 3.85. The molecule has 0 amide bonds. The average Bonchev–Trinajstić information content (AvgIpc) is 2.88. The number of rotatable bonds is 5.